The molecule has 0 heterocycles. The molecule has 0 aliphatic heterocycles. The lowest BCUT2D eigenvalue weighted by Crippen LogP contribution is -2.21. The fraction of sp³-hybridized carbons (Fsp3) is 0.417. The van der Waals surface area contributed by atoms with E-state index < -0.39 is 28.2 Å². The van der Waals surface area contributed by atoms with Gasteiger partial charge in [0.1, 0.15) is 9.92 Å². The first-order valence-corrected chi connectivity index (χ1v) is 12.2. The highest BCUT2D eigenvalue weighted by Crippen LogP contribution is 2.34. The zero-order valence-electron chi connectivity index (χ0n) is 20.3. The predicted octanol–water partition coefficient (Wildman–Crippen LogP) is 4.57. The summed E-state index contributed by atoms with van der Waals surface area (Å²) in [4.78, 5) is 12.9. The van der Waals surface area contributed by atoms with Gasteiger partial charge in [-0.25, -0.2) is 14.1 Å². The highest BCUT2D eigenvalue weighted by molar-refractivity contribution is 7.91. The fourth-order valence-corrected chi connectivity index (χ4v) is 4.56. The molecule has 0 fully saturated rings. The topological polar surface area (TPSA) is 149 Å². The van der Waals surface area contributed by atoms with Gasteiger partial charge in [-0.15, -0.1) is 4.36 Å². The molecule has 0 aliphatic carbocycles. The van der Waals surface area contributed by atoms with E-state index in [-0.39, 0.29) is 30.2 Å². The zero-order valence-corrected chi connectivity index (χ0v) is 22.2. The van der Waals surface area contributed by atoms with Crippen molar-refractivity contribution >= 4 is 35.1 Å². The quantitative estimate of drug-likeness (QED) is 0.453. The number of hydrogen-bond acceptors (Lipinski definition) is 5. The first kappa shape index (κ1) is 29.6. The molecule has 2 aromatic carbocycles. The number of anilines is 1. The maximum atomic E-state index is 13.1. The van der Waals surface area contributed by atoms with Crippen LogP contribution in [0.2, 0.25) is 0 Å². The molecule has 0 aliphatic rings. The molecule has 1 atom stereocenters. The molecule has 0 aromatic heterocycles. The minimum absolute atomic E-state index is 0. The van der Waals surface area contributed by atoms with Crippen molar-refractivity contribution in [2.45, 2.75) is 70.5 Å². The van der Waals surface area contributed by atoms with Crippen molar-refractivity contribution in [3.05, 3.63) is 58.1 Å². The van der Waals surface area contributed by atoms with Crippen molar-refractivity contribution in [2.24, 2.45) is 9.50 Å². The molecular formula is C24H34N4O4S2. The van der Waals surface area contributed by atoms with Gasteiger partial charge in [0.25, 0.3) is 0 Å². The van der Waals surface area contributed by atoms with Crippen molar-refractivity contribution in [2.75, 3.05) is 5.32 Å². The molecule has 0 radical (unpaired) electrons. The molecule has 8 nitrogen and oxygen atoms in total. The molecule has 5 N–H and O–H groups in total. The fourth-order valence-electron chi connectivity index (χ4n) is 3.59. The van der Waals surface area contributed by atoms with Crippen molar-refractivity contribution in [3.8, 4) is 6.07 Å². The lowest BCUT2D eigenvalue weighted by Gasteiger charge is -2.22. The van der Waals surface area contributed by atoms with E-state index in [1.807, 2.05) is 27.7 Å². The van der Waals surface area contributed by atoms with E-state index in [2.05, 4.69) is 15.7 Å². The maximum Gasteiger partial charge on any atom is 0.354 e. The number of carbonyl (C=O) groups excluding carboxylic acids is 1. The van der Waals surface area contributed by atoms with Crippen LogP contribution in [-0.2, 0) is 22.1 Å². The number of nitrogens with one attached hydrogen (secondary N) is 1. The van der Waals surface area contributed by atoms with Crippen LogP contribution in [-0.4, -0.2) is 20.5 Å². The van der Waals surface area contributed by atoms with Crippen LogP contribution in [0.1, 0.15) is 81.2 Å². The van der Waals surface area contributed by atoms with Gasteiger partial charge in [-0.2, -0.15) is 18.8 Å². The van der Waals surface area contributed by atoms with E-state index in [0.29, 0.717) is 22.4 Å². The smallest absolute Gasteiger partial charge is 0.354 e. The Hall–Kier alpha value is -2.42. The molecule has 1 unspecified atom stereocenters. The number of aliphatic hydroxyl groups excluding tert-OH is 1. The largest absolute Gasteiger partial charge is 0.392 e. The Morgan fingerprint density at radius 1 is 1.18 bits per heavy atom. The molecule has 2 aromatic rings. The summed E-state index contributed by atoms with van der Waals surface area (Å²) in [6.45, 7) is 10.5. The van der Waals surface area contributed by atoms with Crippen molar-refractivity contribution < 1.29 is 19.2 Å². The van der Waals surface area contributed by atoms with Gasteiger partial charge < -0.3 is 15.5 Å². The van der Waals surface area contributed by atoms with Gasteiger partial charge in [0.15, 0.2) is 0 Å². The van der Waals surface area contributed by atoms with Gasteiger partial charge in [-0.05, 0) is 72.2 Å². The first-order chi connectivity index (χ1) is 15.2. The highest BCUT2D eigenvalue weighted by atomic mass is 32.2. The second kappa shape index (κ2) is 11.3. The molecular weight excluding hydrogens is 472 g/mol. The normalized spacial score (nSPS) is 13.1. The number of nitrogens with zero attached hydrogens (tertiary/aromatic N) is 2. The summed E-state index contributed by atoms with van der Waals surface area (Å²) in [5, 5.41) is 38.0. The van der Waals surface area contributed by atoms with Crippen LogP contribution in [0, 0.1) is 11.3 Å². The van der Waals surface area contributed by atoms with E-state index >= 15 is 0 Å². The van der Waals surface area contributed by atoms with Crippen LogP contribution >= 0.6 is 13.5 Å². The van der Waals surface area contributed by atoms with Gasteiger partial charge in [-0.1, -0.05) is 33.8 Å². The number of nitriles is 1. The first-order valence-electron chi connectivity index (χ1n) is 10.6. The standard InChI is InChI=1S/C24H32N4O4S.H2S/c1-14(2)19-9-16(12-25)10-20(15(3)4)22(19)27-23(30)28-33(26,32)18-7-8-21(24(5,6)31)17(11-18)13-29;/h7-11,14-15,29,31H,13H2,1-6H3,(H3,26,27,28,30,32);1H2. The lowest BCUT2D eigenvalue weighted by atomic mass is 9.90. The van der Waals surface area contributed by atoms with Gasteiger partial charge in [-0.3, -0.25) is 0 Å². The third kappa shape index (κ3) is 6.81. The predicted molar refractivity (Wildman–Crippen MR) is 139 cm³/mol. The van der Waals surface area contributed by atoms with Crippen LogP contribution in [0.4, 0.5) is 10.5 Å². The molecule has 34 heavy (non-hydrogen) atoms. The number of carbonyl (C=O) groups is 1. The number of hydrogen-bond donors (Lipinski definition) is 4. The average molecular weight is 507 g/mol. The van der Waals surface area contributed by atoms with Crippen LogP contribution in [0.25, 0.3) is 0 Å². The summed E-state index contributed by atoms with van der Waals surface area (Å²) in [6.07, 6.45) is 0. The Labute approximate surface area is 209 Å². The number of rotatable bonds is 6. The minimum Gasteiger partial charge on any atom is -0.392 e. The monoisotopic (exact) mass is 506 g/mol. The Kier molecular flexibility index (Phi) is 9.87. The van der Waals surface area contributed by atoms with Crippen LogP contribution in [0.3, 0.4) is 0 Å². The van der Waals surface area contributed by atoms with Crippen LogP contribution in [0.5, 0.6) is 0 Å². The van der Waals surface area contributed by atoms with E-state index in [0.717, 1.165) is 11.1 Å². The third-order valence-corrected chi connectivity index (χ3v) is 6.63. The molecule has 0 bridgehead atoms. The lowest BCUT2D eigenvalue weighted by molar-refractivity contribution is 0.0759. The molecule has 10 heteroatoms. The van der Waals surface area contributed by atoms with Gasteiger partial charge >= 0.3 is 6.03 Å². The Morgan fingerprint density at radius 3 is 2.12 bits per heavy atom. The van der Waals surface area contributed by atoms with Crippen molar-refractivity contribution in [3.63, 3.8) is 0 Å². The number of aliphatic hydroxyl groups is 2. The molecule has 2 amide bonds. The SMILES string of the molecule is CC(C)c1cc(C#N)cc(C(C)C)c1NC(=O)N=S(N)(=O)c1ccc(C(C)(C)O)c(CO)c1.S. The van der Waals surface area contributed by atoms with Gasteiger partial charge in [0.2, 0.25) is 0 Å². The van der Waals surface area contributed by atoms with Crippen molar-refractivity contribution in [1.82, 2.24) is 0 Å². The highest BCUT2D eigenvalue weighted by Gasteiger charge is 2.23. The Morgan fingerprint density at radius 2 is 1.71 bits per heavy atom. The van der Waals surface area contributed by atoms with E-state index in [9.17, 15) is 24.5 Å². The second-order valence-corrected chi connectivity index (χ2v) is 10.9. The third-order valence-electron chi connectivity index (χ3n) is 5.27. The average Bonchev–Trinajstić information content (AvgIpc) is 2.71. The summed E-state index contributed by atoms with van der Waals surface area (Å²) in [5.74, 6) is 0.0182. The van der Waals surface area contributed by atoms with Gasteiger partial charge in [0.05, 0.1) is 28.7 Å². The van der Waals surface area contributed by atoms with E-state index in [1.165, 1.54) is 18.2 Å². The van der Waals surface area contributed by atoms with E-state index in [4.69, 9.17) is 5.14 Å². The molecule has 0 saturated carbocycles. The summed E-state index contributed by atoms with van der Waals surface area (Å²) >= 11 is 0. The summed E-state index contributed by atoms with van der Waals surface area (Å²) in [5.41, 5.74) is 2.11. The number of benzene rings is 2. The number of amides is 2. The number of nitrogens with two attached hydrogens (primary N) is 1. The maximum absolute atomic E-state index is 13.1. The summed E-state index contributed by atoms with van der Waals surface area (Å²) < 4.78 is 16.9. The van der Waals surface area contributed by atoms with Crippen molar-refractivity contribution in [1.29, 1.82) is 5.26 Å². The molecule has 0 spiro atoms. The molecule has 2 rings (SSSR count). The number of urea groups is 1. The zero-order chi connectivity index (χ0) is 25.1. The molecule has 186 valence electrons. The van der Waals surface area contributed by atoms with Gasteiger partial charge in [0, 0.05) is 5.69 Å². The Balaban J connectivity index is 0.00000578. The van der Waals surface area contributed by atoms with E-state index in [1.54, 1.807) is 26.0 Å². The molecule has 0 saturated heterocycles. The second-order valence-electron chi connectivity index (χ2n) is 9.08. The van der Waals surface area contributed by atoms with Crippen LogP contribution < -0.4 is 10.5 Å². The minimum atomic E-state index is -3.64. The summed E-state index contributed by atoms with van der Waals surface area (Å²) in [7, 11) is -3.64. The Bertz CT molecular complexity index is 1190. The summed E-state index contributed by atoms with van der Waals surface area (Å²) in [6, 6.07) is 9.01. The van der Waals surface area contributed by atoms with Crippen LogP contribution in [0.15, 0.2) is 39.6 Å².